The van der Waals surface area contributed by atoms with E-state index in [2.05, 4.69) is 10.2 Å². The summed E-state index contributed by atoms with van der Waals surface area (Å²) in [5.74, 6) is -0.0975. The van der Waals surface area contributed by atoms with Crippen LogP contribution in [0.4, 0.5) is 4.79 Å². The maximum atomic E-state index is 12.6. The molecule has 158 valence electrons. The van der Waals surface area contributed by atoms with Gasteiger partial charge < -0.3 is 15.0 Å². The van der Waals surface area contributed by atoms with Gasteiger partial charge in [-0.15, -0.1) is 0 Å². The summed E-state index contributed by atoms with van der Waals surface area (Å²) in [6.45, 7) is 4.20. The normalized spacial score (nSPS) is 29.5. The Morgan fingerprint density at radius 3 is 2.55 bits per heavy atom. The summed E-state index contributed by atoms with van der Waals surface area (Å²) in [5, 5.41) is 3.66. The first-order chi connectivity index (χ1) is 14.1. The lowest BCUT2D eigenvalue weighted by molar-refractivity contribution is 0.0309. The van der Waals surface area contributed by atoms with Crippen LogP contribution in [0.2, 0.25) is 5.02 Å². The molecule has 1 aromatic carbocycles. The average Bonchev–Trinajstić information content (AvgIpc) is 2.98. The summed E-state index contributed by atoms with van der Waals surface area (Å²) in [5.41, 5.74) is 0.534. The van der Waals surface area contributed by atoms with Crippen molar-refractivity contribution in [3.05, 3.63) is 34.9 Å². The van der Waals surface area contributed by atoms with Crippen molar-refractivity contribution in [3.63, 3.8) is 0 Å². The minimum absolute atomic E-state index is 0.0975. The van der Waals surface area contributed by atoms with Crippen LogP contribution in [0.1, 0.15) is 55.8 Å². The Hall–Kier alpha value is -1.79. The number of hydrogen-bond donors (Lipinski definition) is 1. The zero-order valence-electron chi connectivity index (χ0n) is 17.0. The highest BCUT2D eigenvalue weighted by molar-refractivity contribution is 6.33. The van der Waals surface area contributed by atoms with Crippen LogP contribution < -0.4 is 5.32 Å². The van der Waals surface area contributed by atoms with E-state index >= 15 is 0 Å². The number of benzene rings is 1. The molecule has 0 aromatic heterocycles. The number of likely N-dealkylation sites (tertiary alicyclic amines) is 1. The first-order valence-electron chi connectivity index (χ1n) is 10.8. The van der Waals surface area contributed by atoms with Gasteiger partial charge in [-0.2, -0.15) is 0 Å². The number of ether oxygens (including phenoxy) is 1. The second-order valence-electron chi connectivity index (χ2n) is 8.40. The molecule has 3 unspecified atom stereocenters. The third kappa shape index (κ3) is 4.38. The number of rotatable bonds is 4. The highest BCUT2D eigenvalue weighted by Crippen LogP contribution is 2.38. The molecule has 6 nitrogen and oxygen atoms in total. The van der Waals surface area contributed by atoms with Crippen LogP contribution in [0.5, 0.6) is 0 Å². The van der Waals surface area contributed by atoms with Crippen LogP contribution in [-0.2, 0) is 4.74 Å². The number of piperidine rings is 2. The SMILES string of the molecule is CCOC(=O)N1C2CCC1CC(N1CCCC(NC(=O)c3ccccc3Cl)C1)C2. The summed E-state index contributed by atoms with van der Waals surface area (Å²) >= 11 is 6.17. The second kappa shape index (κ2) is 8.92. The number of nitrogens with one attached hydrogen (secondary N) is 1. The topological polar surface area (TPSA) is 61.9 Å². The average molecular weight is 420 g/mol. The van der Waals surface area contributed by atoms with E-state index in [1.54, 1.807) is 12.1 Å². The lowest BCUT2D eigenvalue weighted by Gasteiger charge is -2.45. The Bertz CT molecular complexity index is 745. The summed E-state index contributed by atoms with van der Waals surface area (Å²) < 4.78 is 5.27. The Labute approximate surface area is 177 Å². The van der Waals surface area contributed by atoms with Crippen molar-refractivity contribution in [2.45, 2.75) is 69.6 Å². The molecule has 3 aliphatic heterocycles. The predicted octanol–water partition coefficient (Wildman–Crippen LogP) is 3.69. The van der Waals surface area contributed by atoms with Gasteiger partial charge in [0.1, 0.15) is 0 Å². The number of fused-ring (bicyclic) bond motifs is 2. The van der Waals surface area contributed by atoms with E-state index in [1.165, 1.54) is 0 Å². The van der Waals surface area contributed by atoms with E-state index in [1.807, 2.05) is 24.0 Å². The van der Waals surface area contributed by atoms with Gasteiger partial charge >= 0.3 is 6.09 Å². The Balaban J connectivity index is 1.35. The van der Waals surface area contributed by atoms with Crippen LogP contribution in [0.25, 0.3) is 0 Å². The molecule has 0 saturated carbocycles. The number of amides is 2. The molecule has 1 N–H and O–H groups in total. The van der Waals surface area contributed by atoms with Crippen LogP contribution in [0.3, 0.4) is 0 Å². The monoisotopic (exact) mass is 419 g/mol. The van der Waals surface area contributed by atoms with Crippen LogP contribution in [0, 0.1) is 0 Å². The van der Waals surface area contributed by atoms with Crippen molar-refractivity contribution in [1.82, 2.24) is 15.1 Å². The van der Waals surface area contributed by atoms with E-state index in [0.29, 0.717) is 23.2 Å². The number of carbonyl (C=O) groups excluding carboxylic acids is 2. The summed E-state index contributed by atoms with van der Waals surface area (Å²) in [6.07, 6.45) is 6.05. The molecule has 3 aliphatic rings. The van der Waals surface area contributed by atoms with Gasteiger partial charge in [0.2, 0.25) is 0 Å². The molecule has 2 bridgehead atoms. The van der Waals surface area contributed by atoms with E-state index in [9.17, 15) is 9.59 Å². The molecule has 0 radical (unpaired) electrons. The smallest absolute Gasteiger partial charge is 0.410 e. The fraction of sp³-hybridized carbons (Fsp3) is 0.636. The van der Waals surface area contributed by atoms with Gasteiger partial charge in [0.25, 0.3) is 5.91 Å². The largest absolute Gasteiger partial charge is 0.450 e. The first kappa shape index (κ1) is 20.5. The Morgan fingerprint density at radius 2 is 1.86 bits per heavy atom. The second-order valence-corrected chi connectivity index (χ2v) is 8.81. The van der Waals surface area contributed by atoms with Crippen LogP contribution in [-0.4, -0.2) is 65.7 Å². The fourth-order valence-corrected chi connectivity index (χ4v) is 5.53. The van der Waals surface area contributed by atoms with Gasteiger partial charge in [0, 0.05) is 30.7 Å². The molecule has 1 aromatic rings. The number of halogens is 1. The van der Waals surface area contributed by atoms with Crippen molar-refractivity contribution in [3.8, 4) is 0 Å². The van der Waals surface area contributed by atoms with Gasteiger partial charge in [-0.1, -0.05) is 23.7 Å². The lowest BCUT2D eigenvalue weighted by Crippen LogP contribution is -2.56. The van der Waals surface area contributed by atoms with Crippen LogP contribution in [0.15, 0.2) is 24.3 Å². The predicted molar refractivity (Wildman–Crippen MR) is 112 cm³/mol. The minimum atomic E-state index is -0.151. The summed E-state index contributed by atoms with van der Waals surface area (Å²) in [7, 11) is 0. The molecule has 4 rings (SSSR count). The fourth-order valence-electron chi connectivity index (χ4n) is 5.31. The number of nitrogens with zero attached hydrogens (tertiary/aromatic N) is 2. The zero-order chi connectivity index (χ0) is 20.4. The van der Waals surface area contributed by atoms with E-state index in [4.69, 9.17) is 16.3 Å². The van der Waals surface area contributed by atoms with Gasteiger partial charge in [-0.05, 0) is 64.1 Å². The molecule has 3 saturated heterocycles. The molecule has 3 atom stereocenters. The lowest BCUT2D eigenvalue weighted by atomic mass is 9.93. The molecule has 3 fully saturated rings. The van der Waals surface area contributed by atoms with Gasteiger partial charge in [-0.25, -0.2) is 4.79 Å². The molecule has 0 aliphatic carbocycles. The standard InChI is InChI=1S/C22H30ClN3O3/c1-2-29-22(28)26-16-9-10-17(26)13-18(12-16)25-11-5-6-15(14-25)24-21(27)19-7-3-4-8-20(19)23/h3-4,7-8,15-18H,2,5-6,9-14H2,1H3,(H,24,27). The highest BCUT2D eigenvalue weighted by atomic mass is 35.5. The van der Waals surface area contributed by atoms with Crippen molar-refractivity contribution >= 4 is 23.6 Å². The van der Waals surface area contributed by atoms with E-state index in [-0.39, 0.29) is 30.1 Å². The molecule has 29 heavy (non-hydrogen) atoms. The van der Waals surface area contributed by atoms with Crippen molar-refractivity contribution in [2.75, 3.05) is 19.7 Å². The molecule has 0 spiro atoms. The number of carbonyl (C=O) groups is 2. The molecular weight excluding hydrogens is 390 g/mol. The molecule has 3 heterocycles. The third-order valence-corrected chi connectivity index (χ3v) is 6.94. The Kier molecular flexibility index (Phi) is 6.30. The maximum absolute atomic E-state index is 12.6. The van der Waals surface area contributed by atoms with Gasteiger partial charge in [0.05, 0.1) is 17.2 Å². The van der Waals surface area contributed by atoms with Crippen molar-refractivity contribution in [1.29, 1.82) is 0 Å². The van der Waals surface area contributed by atoms with Crippen LogP contribution >= 0.6 is 11.6 Å². The van der Waals surface area contributed by atoms with Gasteiger partial charge in [0.15, 0.2) is 0 Å². The summed E-state index contributed by atoms with van der Waals surface area (Å²) in [4.78, 5) is 29.5. The van der Waals surface area contributed by atoms with Crippen molar-refractivity contribution in [2.24, 2.45) is 0 Å². The Morgan fingerprint density at radius 1 is 1.14 bits per heavy atom. The quantitative estimate of drug-likeness (QED) is 0.808. The highest BCUT2D eigenvalue weighted by Gasteiger charge is 2.45. The van der Waals surface area contributed by atoms with Crippen molar-refractivity contribution < 1.29 is 14.3 Å². The molecule has 7 heteroatoms. The first-order valence-corrected chi connectivity index (χ1v) is 11.2. The molecular formula is C22H30ClN3O3. The van der Waals surface area contributed by atoms with E-state index in [0.717, 1.165) is 51.6 Å². The van der Waals surface area contributed by atoms with Gasteiger partial charge in [-0.3, -0.25) is 9.69 Å². The maximum Gasteiger partial charge on any atom is 0.410 e. The summed E-state index contributed by atoms with van der Waals surface area (Å²) in [6, 6.07) is 8.36. The zero-order valence-corrected chi connectivity index (χ0v) is 17.7. The minimum Gasteiger partial charge on any atom is -0.450 e. The number of hydrogen-bond acceptors (Lipinski definition) is 4. The third-order valence-electron chi connectivity index (χ3n) is 6.61. The van der Waals surface area contributed by atoms with E-state index < -0.39 is 0 Å². The molecule has 2 amide bonds.